The topological polar surface area (TPSA) is 85.9 Å². The van der Waals surface area contributed by atoms with Crippen LogP contribution in [-0.4, -0.2) is 19.7 Å². The van der Waals surface area contributed by atoms with Crippen molar-refractivity contribution in [3.05, 3.63) is 64.4 Å². The summed E-state index contributed by atoms with van der Waals surface area (Å²) >= 11 is 0. The van der Waals surface area contributed by atoms with E-state index in [0.717, 1.165) is 27.9 Å². The van der Waals surface area contributed by atoms with Gasteiger partial charge in [-0.25, -0.2) is 4.79 Å². The van der Waals surface area contributed by atoms with Gasteiger partial charge < -0.3 is 14.2 Å². The third kappa shape index (κ3) is 2.99. The summed E-state index contributed by atoms with van der Waals surface area (Å²) in [4.78, 5) is 19.1. The number of nitrogens with zero attached hydrogens (tertiary/aromatic N) is 3. The molecule has 4 aromatic rings. The van der Waals surface area contributed by atoms with Gasteiger partial charge in [-0.15, -0.1) is 0 Å². The summed E-state index contributed by atoms with van der Waals surface area (Å²) in [5.74, 6) is 1.60. The Morgan fingerprint density at radius 1 is 1.23 bits per heavy atom. The molecule has 1 N–H and O–H groups in total. The van der Waals surface area contributed by atoms with Crippen LogP contribution in [0.5, 0.6) is 5.75 Å². The Balaban J connectivity index is 1.55. The molecule has 132 valence electrons. The fraction of sp³-hybridized carbons (Fsp3) is 0.211. The minimum absolute atomic E-state index is 0.125. The fourth-order valence-electron chi connectivity index (χ4n) is 2.90. The van der Waals surface area contributed by atoms with E-state index in [-0.39, 0.29) is 12.3 Å². The van der Waals surface area contributed by atoms with E-state index in [1.807, 2.05) is 56.3 Å². The number of imidazole rings is 1. The largest absolute Gasteiger partial charge is 0.484 e. The Hall–Kier alpha value is -3.35. The van der Waals surface area contributed by atoms with Gasteiger partial charge in [-0.2, -0.15) is 4.98 Å². The molecule has 2 aromatic heterocycles. The Bertz CT molecular complexity index is 1120. The summed E-state index contributed by atoms with van der Waals surface area (Å²) in [5, 5.41) is 4.01. The molecule has 4 rings (SSSR count). The van der Waals surface area contributed by atoms with Crippen molar-refractivity contribution in [2.24, 2.45) is 0 Å². The van der Waals surface area contributed by atoms with Crippen molar-refractivity contribution in [1.82, 2.24) is 19.7 Å². The molecule has 7 nitrogen and oxygen atoms in total. The SMILES string of the molecule is CCn1c(=O)[nH]c2cc(-c3noc(COc4cccc(C)c4)n3)ccc21. The van der Waals surface area contributed by atoms with E-state index in [4.69, 9.17) is 9.26 Å². The molecule has 0 bridgehead atoms. The number of aromatic amines is 1. The quantitative estimate of drug-likeness (QED) is 0.597. The normalized spacial score (nSPS) is 11.2. The first-order valence-electron chi connectivity index (χ1n) is 8.39. The first kappa shape index (κ1) is 16.1. The third-order valence-corrected chi connectivity index (χ3v) is 4.17. The monoisotopic (exact) mass is 350 g/mol. The summed E-state index contributed by atoms with van der Waals surface area (Å²) in [6, 6.07) is 13.4. The molecule has 2 heterocycles. The second kappa shape index (κ2) is 6.51. The highest BCUT2D eigenvalue weighted by Gasteiger charge is 2.12. The molecule has 0 fully saturated rings. The maximum atomic E-state index is 11.9. The van der Waals surface area contributed by atoms with Gasteiger partial charge in [-0.1, -0.05) is 17.3 Å². The number of ether oxygens (including phenoxy) is 1. The zero-order valence-electron chi connectivity index (χ0n) is 14.5. The molecule has 7 heteroatoms. The summed E-state index contributed by atoms with van der Waals surface area (Å²) < 4.78 is 12.6. The predicted octanol–water partition coefficient (Wildman–Crippen LogP) is 3.29. The van der Waals surface area contributed by atoms with Crippen LogP contribution in [0.3, 0.4) is 0 Å². The van der Waals surface area contributed by atoms with Crippen LogP contribution < -0.4 is 10.4 Å². The number of rotatable bonds is 5. The molecule has 0 unspecified atom stereocenters. The maximum absolute atomic E-state index is 11.9. The molecule has 0 spiro atoms. The van der Waals surface area contributed by atoms with E-state index in [2.05, 4.69) is 15.1 Å². The van der Waals surface area contributed by atoms with Crippen LogP contribution in [0.15, 0.2) is 51.8 Å². The summed E-state index contributed by atoms with van der Waals surface area (Å²) in [6.07, 6.45) is 0. The molecule has 0 saturated heterocycles. The molecular formula is C19H18N4O3. The number of fused-ring (bicyclic) bond motifs is 1. The number of H-pyrrole nitrogens is 1. The standard InChI is InChI=1S/C19H18N4O3/c1-3-23-16-8-7-13(10-15(16)20-19(23)24)18-21-17(26-22-18)11-25-14-6-4-5-12(2)9-14/h4-10H,3,11H2,1-2H3,(H,20,24). The Morgan fingerprint density at radius 3 is 2.92 bits per heavy atom. The van der Waals surface area contributed by atoms with Crippen LogP contribution in [0.4, 0.5) is 0 Å². The van der Waals surface area contributed by atoms with Crippen LogP contribution in [0.1, 0.15) is 18.4 Å². The van der Waals surface area contributed by atoms with Gasteiger partial charge in [0.25, 0.3) is 5.89 Å². The van der Waals surface area contributed by atoms with Gasteiger partial charge in [0.1, 0.15) is 5.75 Å². The Labute approximate surface area is 149 Å². The minimum atomic E-state index is -0.125. The second-order valence-corrected chi connectivity index (χ2v) is 6.02. The van der Waals surface area contributed by atoms with E-state index in [1.165, 1.54) is 0 Å². The Morgan fingerprint density at radius 2 is 2.12 bits per heavy atom. The van der Waals surface area contributed by atoms with Crippen molar-refractivity contribution in [1.29, 1.82) is 0 Å². The molecule has 0 aliphatic heterocycles. The Kier molecular flexibility index (Phi) is 4.04. The highest BCUT2D eigenvalue weighted by Crippen LogP contribution is 2.21. The van der Waals surface area contributed by atoms with Crippen molar-refractivity contribution >= 4 is 11.0 Å². The van der Waals surface area contributed by atoms with Crippen LogP contribution in [0.2, 0.25) is 0 Å². The lowest BCUT2D eigenvalue weighted by molar-refractivity contribution is 0.243. The third-order valence-electron chi connectivity index (χ3n) is 4.17. The average Bonchev–Trinajstić information content (AvgIpc) is 3.22. The molecule has 0 aliphatic carbocycles. The van der Waals surface area contributed by atoms with E-state index < -0.39 is 0 Å². The molecule has 0 aliphatic rings. The first-order chi connectivity index (χ1) is 12.6. The minimum Gasteiger partial charge on any atom is -0.484 e. The summed E-state index contributed by atoms with van der Waals surface area (Å²) in [5.41, 5.74) is 3.37. The van der Waals surface area contributed by atoms with E-state index in [9.17, 15) is 4.79 Å². The molecule has 0 radical (unpaired) electrons. The highest BCUT2D eigenvalue weighted by molar-refractivity contribution is 5.80. The van der Waals surface area contributed by atoms with Gasteiger partial charge in [0.2, 0.25) is 5.82 Å². The van der Waals surface area contributed by atoms with Gasteiger partial charge in [0.05, 0.1) is 11.0 Å². The molecule has 2 aromatic carbocycles. The number of benzene rings is 2. The maximum Gasteiger partial charge on any atom is 0.326 e. The zero-order chi connectivity index (χ0) is 18.1. The number of aromatic nitrogens is 4. The van der Waals surface area contributed by atoms with E-state index in [0.29, 0.717) is 18.3 Å². The van der Waals surface area contributed by atoms with Crippen molar-refractivity contribution in [2.75, 3.05) is 0 Å². The lowest BCUT2D eigenvalue weighted by atomic mass is 10.2. The number of hydrogen-bond donors (Lipinski definition) is 1. The van der Waals surface area contributed by atoms with Gasteiger partial charge in [-0.05, 0) is 49.7 Å². The number of nitrogens with one attached hydrogen (secondary N) is 1. The molecule has 0 amide bonds. The van der Waals surface area contributed by atoms with Gasteiger partial charge in [0.15, 0.2) is 6.61 Å². The van der Waals surface area contributed by atoms with Crippen molar-refractivity contribution in [3.63, 3.8) is 0 Å². The van der Waals surface area contributed by atoms with Crippen LogP contribution in [0, 0.1) is 6.92 Å². The fourth-order valence-corrected chi connectivity index (χ4v) is 2.90. The van der Waals surface area contributed by atoms with Crippen LogP contribution >= 0.6 is 0 Å². The van der Waals surface area contributed by atoms with Crippen molar-refractivity contribution in [3.8, 4) is 17.1 Å². The van der Waals surface area contributed by atoms with E-state index in [1.54, 1.807) is 4.57 Å². The molecule has 0 atom stereocenters. The van der Waals surface area contributed by atoms with E-state index >= 15 is 0 Å². The van der Waals surface area contributed by atoms with Crippen molar-refractivity contribution in [2.45, 2.75) is 27.0 Å². The van der Waals surface area contributed by atoms with Crippen LogP contribution in [0.25, 0.3) is 22.4 Å². The molecular weight excluding hydrogens is 332 g/mol. The van der Waals surface area contributed by atoms with Gasteiger partial charge in [-0.3, -0.25) is 4.57 Å². The average molecular weight is 350 g/mol. The van der Waals surface area contributed by atoms with Crippen LogP contribution in [-0.2, 0) is 13.2 Å². The zero-order valence-corrected chi connectivity index (χ0v) is 14.5. The van der Waals surface area contributed by atoms with Gasteiger partial charge in [0, 0.05) is 12.1 Å². The lowest BCUT2D eigenvalue weighted by Gasteiger charge is -2.03. The van der Waals surface area contributed by atoms with Crippen molar-refractivity contribution < 1.29 is 9.26 Å². The number of hydrogen-bond acceptors (Lipinski definition) is 5. The summed E-state index contributed by atoms with van der Waals surface area (Å²) in [7, 11) is 0. The number of aryl methyl sites for hydroxylation is 2. The first-order valence-corrected chi connectivity index (χ1v) is 8.39. The highest BCUT2D eigenvalue weighted by atomic mass is 16.5. The lowest BCUT2D eigenvalue weighted by Crippen LogP contribution is -2.14. The molecule has 0 saturated carbocycles. The summed E-state index contributed by atoms with van der Waals surface area (Å²) in [6.45, 7) is 4.74. The predicted molar refractivity (Wildman–Crippen MR) is 97.0 cm³/mol. The second-order valence-electron chi connectivity index (χ2n) is 6.02. The van der Waals surface area contributed by atoms with Gasteiger partial charge >= 0.3 is 5.69 Å². The smallest absolute Gasteiger partial charge is 0.326 e. The molecule has 26 heavy (non-hydrogen) atoms.